The van der Waals surface area contributed by atoms with Crippen LogP contribution >= 0.6 is 0 Å². The molecule has 2 aromatic carbocycles. The highest BCUT2D eigenvalue weighted by Crippen LogP contribution is 2.29. The van der Waals surface area contributed by atoms with E-state index in [1.54, 1.807) is 18.2 Å². The number of cyclic esters (lactones) is 1. The van der Waals surface area contributed by atoms with Crippen LogP contribution in [0.3, 0.4) is 0 Å². The number of carbonyl (C=O) groups is 3. The lowest BCUT2D eigenvalue weighted by atomic mass is 10.1. The first-order valence-electron chi connectivity index (χ1n) is 11.3. The van der Waals surface area contributed by atoms with Gasteiger partial charge in [0.1, 0.15) is 17.7 Å². The van der Waals surface area contributed by atoms with Crippen molar-refractivity contribution < 1.29 is 33.4 Å². The summed E-state index contributed by atoms with van der Waals surface area (Å²) in [6.07, 6.45) is 2.22. The molecule has 0 aromatic heterocycles. The van der Waals surface area contributed by atoms with E-state index in [1.807, 2.05) is 4.90 Å². The number of nitrogens with zero attached hydrogens (tertiary/aromatic N) is 2. The summed E-state index contributed by atoms with van der Waals surface area (Å²) in [4.78, 5) is 39.2. The average molecular weight is 483 g/mol. The van der Waals surface area contributed by atoms with Crippen molar-refractivity contribution in [1.82, 2.24) is 0 Å². The van der Waals surface area contributed by atoms with E-state index in [9.17, 15) is 23.9 Å². The highest BCUT2D eigenvalue weighted by atomic mass is 19.1. The molecule has 0 spiro atoms. The van der Waals surface area contributed by atoms with Crippen LogP contribution in [0.2, 0.25) is 0 Å². The Kier molecular flexibility index (Phi) is 7.31. The van der Waals surface area contributed by atoms with Crippen LogP contribution in [-0.4, -0.2) is 61.8 Å². The molecule has 2 aliphatic rings. The molecule has 0 aliphatic carbocycles. The van der Waals surface area contributed by atoms with Crippen LogP contribution in [-0.2, 0) is 14.3 Å². The van der Waals surface area contributed by atoms with Gasteiger partial charge in [-0.2, -0.15) is 0 Å². The number of benzene rings is 2. The zero-order valence-electron chi connectivity index (χ0n) is 19.0. The van der Waals surface area contributed by atoms with Crippen molar-refractivity contribution in [2.75, 3.05) is 42.6 Å². The molecule has 2 aliphatic heterocycles. The number of ether oxygens (including phenoxy) is 2. The fourth-order valence-electron chi connectivity index (χ4n) is 4.04. The van der Waals surface area contributed by atoms with E-state index >= 15 is 0 Å². The Bertz CT molecular complexity index is 1160. The van der Waals surface area contributed by atoms with Gasteiger partial charge in [0, 0.05) is 19.5 Å². The van der Waals surface area contributed by atoms with Crippen LogP contribution in [0, 0.1) is 5.82 Å². The van der Waals surface area contributed by atoms with E-state index in [2.05, 4.69) is 0 Å². The van der Waals surface area contributed by atoms with Crippen molar-refractivity contribution in [3.63, 3.8) is 0 Å². The van der Waals surface area contributed by atoms with Gasteiger partial charge in [-0.1, -0.05) is 12.1 Å². The number of nitrogens with two attached hydrogens (primary N) is 1. The molecule has 1 atom stereocenters. The van der Waals surface area contributed by atoms with Crippen LogP contribution in [0.15, 0.2) is 42.5 Å². The van der Waals surface area contributed by atoms with E-state index in [-0.39, 0.29) is 30.1 Å². The molecule has 10 heteroatoms. The maximum atomic E-state index is 14.7. The highest BCUT2D eigenvalue weighted by molar-refractivity contribution is 5.97. The van der Waals surface area contributed by atoms with Gasteiger partial charge in [0.2, 0.25) is 0 Å². The van der Waals surface area contributed by atoms with Crippen molar-refractivity contribution >= 4 is 35.2 Å². The number of hydrogen-bond donors (Lipinski definition) is 2. The fourth-order valence-corrected chi connectivity index (χ4v) is 4.04. The van der Waals surface area contributed by atoms with E-state index in [0.29, 0.717) is 49.7 Å². The molecule has 0 saturated carbocycles. The van der Waals surface area contributed by atoms with Crippen LogP contribution < -0.4 is 15.5 Å². The molecular weight excluding hydrogens is 457 g/mol. The molecule has 9 nitrogen and oxygen atoms in total. The van der Waals surface area contributed by atoms with Crippen LogP contribution in [0.25, 0.3) is 6.08 Å². The summed E-state index contributed by atoms with van der Waals surface area (Å²) in [7, 11) is 0. The lowest BCUT2D eigenvalue weighted by Gasteiger charge is -2.29. The molecule has 0 unspecified atom stereocenters. The Morgan fingerprint density at radius 1 is 1.17 bits per heavy atom. The molecule has 3 N–H and O–H groups in total. The lowest BCUT2D eigenvalue weighted by Crippen LogP contribution is -2.36. The Morgan fingerprint density at radius 2 is 1.94 bits per heavy atom. The lowest BCUT2D eigenvalue weighted by molar-refractivity contribution is -0.115. The Balaban J connectivity index is 1.32. The number of morpholine rings is 1. The normalized spacial score (nSPS) is 18.2. The van der Waals surface area contributed by atoms with Gasteiger partial charge in [-0.15, -0.1) is 0 Å². The van der Waals surface area contributed by atoms with Gasteiger partial charge >= 0.3 is 6.09 Å². The van der Waals surface area contributed by atoms with Gasteiger partial charge in [0.15, 0.2) is 5.78 Å². The zero-order chi connectivity index (χ0) is 24.9. The van der Waals surface area contributed by atoms with Gasteiger partial charge < -0.3 is 25.2 Å². The largest absolute Gasteiger partial charge is 0.507 e. The fraction of sp³-hybridized carbons (Fsp3) is 0.320. The van der Waals surface area contributed by atoms with E-state index in [1.165, 1.54) is 35.3 Å². The minimum atomic E-state index is -0.771. The molecule has 35 heavy (non-hydrogen) atoms. The summed E-state index contributed by atoms with van der Waals surface area (Å²) in [5.74, 6) is -1.62. The second-order valence-corrected chi connectivity index (χ2v) is 8.33. The summed E-state index contributed by atoms with van der Waals surface area (Å²) in [6.45, 7) is 2.50. The topological polar surface area (TPSA) is 122 Å². The first-order chi connectivity index (χ1) is 16.8. The number of aromatic hydroxyl groups is 1. The molecule has 2 heterocycles. The third-order valence-corrected chi connectivity index (χ3v) is 5.93. The summed E-state index contributed by atoms with van der Waals surface area (Å²) in [5.41, 5.74) is 6.57. The number of phenols is 1. The number of rotatable bonds is 8. The van der Waals surface area contributed by atoms with E-state index in [4.69, 9.17) is 15.2 Å². The van der Waals surface area contributed by atoms with Crippen molar-refractivity contribution in [3.8, 4) is 5.75 Å². The molecule has 0 radical (unpaired) electrons. The maximum Gasteiger partial charge on any atom is 0.414 e. The van der Waals surface area contributed by atoms with Crippen molar-refractivity contribution in [1.29, 1.82) is 0 Å². The maximum absolute atomic E-state index is 14.7. The average Bonchev–Trinajstić information content (AvgIpc) is 3.23. The van der Waals surface area contributed by atoms with E-state index in [0.717, 1.165) is 0 Å². The second kappa shape index (κ2) is 10.6. The van der Waals surface area contributed by atoms with Crippen LogP contribution in [0.4, 0.5) is 20.6 Å². The highest BCUT2D eigenvalue weighted by Gasteiger charge is 2.33. The minimum absolute atomic E-state index is 0.0352. The molecule has 184 valence electrons. The summed E-state index contributed by atoms with van der Waals surface area (Å²) in [5, 5.41) is 9.64. The van der Waals surface area contributed by atoms with Crippen molar-refractivity contribution in [3.05, 3.63) is 59.4 Å². The Morgan fingerprint density at radius 3 is 2.66 bits per heavy atom. The van der Waals surface area contributed by atoms with Gasteiger partial charge in [-0.05, 0) is 48.4 Å². The number of amides is 2. The first-order valence-corrected chi connectivity index (χ1v) is 11.3. The number of halogens is 1. The number of carbonyl (C=O) groups excluding carboxylic acids is 3. The smallest absolute Gasteiger partial charge is 0.414 e. The number of anilines is 2. The Labute approximate surface area is 201 Å². The molecule has 2 saturated heterocycles. The zero-order valence-corrected chi connectivity index (χ0v) is 19.0. The van der Waals surface area contributed by atoms with Crippen molar-refractivity contribution in [2.24, 2.45) is 5.73 Å². The van der Waals surface area contributed by atoms with Crippen molar-refractivity contribution in [2.45, 2.75) is 18.9 Å². The number of primary amides is 1. The summed E-state index contributed by atoms with van der Waals surface area (Å²) < 4.78 is 25.4. The summed E-state index contributed by atoms with van der Waals surface area (Å²) >= 11 is 0. The van der Waals surface area contributed by atoms with Gasteiger partial charge in [0.25, 0.3) is 5.91 Å². The standard InChI is InChI=1S/C25H26FN3O6/c26-21-14-17(3-7-22(21)28-9-11-34-12-10-28)29-15-19(35-25(29)33)6-5-18(30)4-1-16-2-8-23(31)20(13-16)24(27)32/h1-4,7-8,13-14,19,31H,5-6,9-12,15H2,(H2,27,32)/b4-1+/t19-/m0/s1. The molecule has 4 rings (SSSR count). The van der Waals surface area contributed by atoms with Crippen LogP contribution in [0.1, 0.15) is 28.8 Å². The minimum Gasteiger partial charge on any atom is -0.507 e. The molecule has 2 aromatic rings. The number of hydrogen-bond acceptors (Lipinski definition) is 7. The number of ketones is 1. The quantitative estimate of drug-likeness (QED) is 0.554. The molecule has 2 fully saturated rings. The third kappa shape index (κ3) is 5.78. The third-order valence-electron chi connectivity index (χ3n) is 5.93. The predicted octanol–water partition coefficient (Wildman–Crippen LogP) is 2.85. The number of allylic oxidation sites excluding steroid dienone is 1. The van der Waals surface area contributed by atoms with Gasteiger partial charge in [0.05, 0.1) is 36.7 Å². The first kappa shape index (κ1) is 24.2. The molecular formula is C25H26FN3O6. The predicted molar refractivity (Wildman–Crippen MR) is 127 cm³/mol. The monoisotopic (exact) mass is 483 g/mol. The Hall–Kier alpha value is -3.92. The molecule has 0 bridgehead atoms. The second-order valence-electron chi connectivity index (χ2n) is 8.33. The SMILES string of the molecule is NC(=O)c1cc(/C=C/C(=O)CC[C@H]2CN(c3ccc(N4CCOCC4)c(F)c3)C(=O)O2)ccc1O. The molecule has 2 amide bonds. The van der Waals surface area contributed by atoms with Gasteiger partial charge in [-0.25, -0.2) is 9.18 Å². The van der Waals surface area contributed by atoms with Gasteiger partial charge in [-0.3, -0.25) is 14.5 Å². The summed E-state index contributed by atoms with van der Waals surface area (Å²) in [6, 6.07) is 8.92. The van der Waals surface area contributed by atoms with Crippen LogP contribution in [0.5, 0.6) is 5.75 Å². The van der Waals surface area contributed by atoms with E-state index < -0.39 is 23.9 Å².